The minimum atomic E-state index is 0.105. The maximum absolute atomic E-state index is 11.9. The standard InChI is InChI=1S/C9H12N2OS2/c1-5-4-6-7(14-5)8(12)11(2)9(10-6)13-3/h5H,4H2,1-3H3/t5-/m1/s1. The van der Waals surface area contributed by atoms with Crippen LogP contribution >= 0.6 is 23.5 Å². The number of hydrogen-bond donors (Lipinski definition) is 0. The maximum atomic E-state index is 11.9. The molecule has 5 heteroatoms. The average molecular weight is 228 g/mol. The van der Waals surface area contributed by atoms with E-state index in [1.807, 2.05) is 6.26 Å². The highest BCUT2D eigenvalue weighted by atomic mass is 32.2. The monoisotopic (exact) mass is 228 g/mol. The van der Waals surface area contributed by atoms with Gasteiger partial charge in [-0.05, 0) is 6.26 Å². The Morgan fingerprint density at radius 3 is 3.00 bits per heavy atom. The van der Waals surface area contributed by atoms with Gasteiger partial charge in [0.2, 0.25) is 0 Å². The van der Waals surface area contributed by atoms with Crippen LogP contribution in [0.25, 0.3) is 0 Å². The predicted molar refractivity (Wildman–Crippen MR) is 60.3 cm³/mol. The third-order valence-electron chi connectivity index (χ3n) is 2.26. The molecule has 0 saturated carbocycles. The molecule has 2 heterocycles. The molecule has 1 aliphatic rings. The van der Waals surface area contributed by atoms with Crippen LogP contribution in [0.15, 0.2) is 14.8 Å². The van der Waals surface area contributed by atoms with Gasteiger partial charge >= 0.3 is 0 Å². The highest BCUT2D eigenvalue weighted by Gasteiger charge is 2.24. The van der Waals surface area contributed by atoms with E-state index in [9.17, 15) is 4.79 Å². The molecule has 0 amide bonds. The van der Waals surface area contributed by atoms with Gasteiger partial charge in [-0.25, -0.2) is 4.98 Å². The smallest absolute Gasteiger partial charge is 0.267 e. The molecule has 0 N–H and O–H groups in total. The van der Waals surface area contributed by atoms with Crippen LogP contribution < -0.4 is 5.56 Å². The van der Waals surface area contributed by atoms with Crippen molar-refractivity contribution >= 4 is 23.5 Å². The summed E-state index contributed by atoms with van der Waals surface area (Å²) in [5.74, 6) is 0. The van der Waals surface area contributed by atoms with Gasteiger partial charge in [-0.1, -0.05) is 18.7 Å². The van der Waals surface area contributed by atoms with Crippen LogP contribution in [0.2, 0.25) is 0 Å². The van der Waals surface area contributed by atoms with Crippen molar-refractivity contribution in [2.75, 3.05) is 6.26 Å². The van der Waals surface area contributed by atoms with Gasteiger partial charge in [0.25, 0.3) is 5.56 Å². The zero-order valence-electron chi connectivity index (χ0n) is 8.40. The lowest BCUT2D eigenvalue weighted by Gasteiger charge is -2.06. The van der Waals surface area contributed by atoms with Gasteiger partial charge < -0.3 is 0 Å². The number of nitrogens with zero attached hydrogens (tertiary/aromatic N) is 2. The second-order valence-corrected chi connectivity index (χ2v) is 5.59. The summed E-state index contributed by atoms with van der Waals surface area (Å²) in [5, 5.41) is 1.30. The Balaban J connectivity index is 2.62. The normalized spacial score (nSPS) is 19.8. The van der Waals surface area contributed by atoms with E-state index in [0.29, 0.717) is 5.25 Å². The van der Waals surface area contributed by atoms with Gasteiger partial charge in [0.1, 0.15) is 0 Å². The molecule has 1 aliphatic heterocycles. The minimum Gasteiger partial charge on any atom is -0.290 e. The van der Waals surface area contributed by atoms with Gasteiger partial charge in [0.15, 0.2) is 5.16 Å². The first kappa shape index (κ1) is 10.1. The van der Waals surface area contributed by atoms with Crippen molar-refractivity contribution in [2.24, 2.45) is 7.05 Å². The summed E-state index contributed by atoms with van der Waals surface area (Å²) in [6.45, 7) is 2.13. The summed E-state index contributed by atoms with van der Waals surface area (Å²) in [6.07, 6.45) is 2.86. The summed E-state index contributed by atoms with van der Waals surface area (Å²) >= 11 is 3.17. The fourth-order valence-electron chi connectivity index (χ4n) is 1.56. The summed E-state index contributed by atoms with van der Waals surface area (Å²) in [4.78, 5) is 17.2. The van der Waals surface area contributed by atoms with E-state index in [0.717, 1.165) is 22.2 Å². The molecule has 0 fully saturated rings. The average Bonchev–Trinajstić information content (AvgIpc) is 2.52. The van der Waals surface area contributed by atoms with Crippen LogP contribution in [-0.4, -0.2) is 21.1 Å². The van der Waals surface area contributed by atoms with E-state index in [4.69, 9.17) is 0 Å². The molecule has 0 spiro atoms. The zero-order valence-corrected chi connectivity index (χ0v) is 10.0. The Bertz CT molecular complexity index is 428. The molecular formula is C9H12N2OS2. The number of aromatic nitrogens is 2. The molecule has 0 aliphatic carbocycles. The zero-order chi connectivity index (χ0) is 10.3. The third-order valence-corrected chi connectivity index (χ3v) is 4.21. The number of fused-ring (bicyclic) bond motifs is 1. The first-order valence-electron chi connectivity index (χ1n) is 4.44. The molecule has 0 radical (unpaired) electrons. The first-order chi connectivity index (χ1) is 6.63. The molecular weight excluding hydrogens is 216 g/mol. The molecule has 2 rings (SSSR count). The lowest BCUT2D eigenvalue weighted by atomic mass is 10.2. The first-order valence-corrected chi connectivity index (χ1v) is 6.54. The summed E-state index contributed by atoms with van der Waals surface area (Å²) in [7, 11) is 1.78. The Hall–Kier alpha value is -0.420. The fraction of sp³-hybridized carbons (Fsp3) is 0.556. The molecule has 1 aromatic rings. The van der Waals surface area contributed by atoms with Crippen LogP contribution in [-0.2, 0) is 13.5 Å². The van der Waals surface area contributed by atoms with Crippen LogP contribution in [0.1, 0.15) is 12.6 Å². The lowest BCUT2D eigenvalue weighted by molar-refractivity contribution is 0.666. The van der Waals surface area contributed by atoms with E-state index in [1.165, 1.54) is 11.8 Å². The molecule has 14 heavy (non-hydrogen) atoms. The second-order valence-electron chi connectivity index (χ2n) is 3.37. The van der Waals surface area contributed by atoms with Crippen molar-refractivity contribution in [1.82, 2.24) is 9.55 Å². The number of hydrogen-bond acceptors (Lipinski definition) is 4. The van der Waals surface area contributed by atoms with Gasteiger partial charge in [-0.3, -0.25) is 9.36 Å². The Morgan fingerprint density at radius 2 is 2.36 bits per heavy atom. The molecule has 1 aromatic heterocycles. The fourth-order valence-corrected chi connectivity index (χ4v) is 3.26. The molecule has 0 bridgehead atoms. The largest absolute Gasteiger partial charge is 0.290 e. The van der Waals surface area contributed by atoms with E-state index >= 15 is 0 Å². The topological polar surface area (TPSA) is 34.9 Å². The Kier molecular flexibility index (Phi) is 2.62. The Morgan fingerprint density at radius 1 is 1.64 bits per heavy atom. The van der Waals surface area contributed by atoms with Crippen molar-refractivity contribution < 1.29 is 0 Å². The van der Waals surface area contributed by atoms with Gasteiger partial charge in [0.05, 0.1) is 10.6 Å². The predicted octanol–water partition coefficient (Wildman–Crippen LogP) is 1.54. The lowest BCUT2D eigenvalue weighted by Crippen LogP contribution is -2.21. The summed E-state index contributed by atoms with van der Waals surface area (Å²) in [5.41, 5.74) is 1.09. The summed E-state index contributed by atoms with van der Waals surface area (Å²) < 4.78 is 1.63. The quantitative estimate of drug-likeness (QED) is 0.539. The van der Waals surface area contributed by atoms with Gasteiger partial charge in [-0.15, -0.1) is 11.8 Å². The van der Waals surface area contributed by atoms with Crippen molar-refractivity contribution in [3.8, 4) is 0 Å². The van der Waals surface area contributed by atoms with Crippen LogP contribution in [0.5, 0.6) is 0 Å². The van der Waals surface area contributed by atoms with Crippen molar-refractivity contribution in [2.45, 2.75) is 28.6 Å². The highest BCUT2D eigenvalue weighted by Crippen LogP contribution is 2.33. The van der Waals surface area contributed by atoms with Crippen LogP contribution in [0, 0.1) is 0 Å². The number of thioether (sulfide) groups is 2. The Labute approximate surface area is 91.3 Å². The van der Waals surface area contributed by atoms with Crippen molar-refractivity contribution in [3.05, 3.63) is 16.0 Å². The van der Waals surface area contributed by atoms with Crippen molar-refractivity contribution in [3.63, 3.8) is 0 Å². The molecule has 0 saturated heterocycles. The molecule has 0 aromatic carbocycles. The highest BCUT2D eigenvalue weighted by molar-refractivity contribution is 8.00. The van der Waals surface area contributed by atoms with Crippen molar-refractivity contribution in [1.29, 1.82) is 0 Å². The van der Waals surface area contributed by atoms with E-state index < -0.39 is 0 Å². The number of rotatable bonds is 1. The van der Waals surface area contributed by atoms with Gasteiger partial charge in [-0.2, -0.15) is 0 Å². The third kappa shape index (κ3) is 1.48. The SMILES string of the molecule is CSc1nc2c(c(=O)n1C)S[C@H](C)C2. The minimum absolute atomic E-state index is 0.105. The van der Waals surface area contributed by atoms with E-state index in [2.05, 4.69) is 11.9 Å². The van der Waals surface area contributed by atoms with Gasteiger partial charge in [0, 0.05) is 18.7 Å². The molecule has 3 nitrogen and oxygen atoms in total. The van der Waals surface area contributed by atoms with E-state index in [-0.39, 0.29) is 5.56 Å². The molecule has 0 unspecified atom stereocenters. The van der Waals surface area contributed by atoms with E-state index in [1.54, 1.807) is 23.4 Å². The van der Waals surface area contributed by atoms with Crippen LogP contribution in [0.3, 0.4) is 0 Å². The molecule has 76 valence electrons. The summed E-state index contributed by atoms with van der Waals surface area (Å²) in [6, 6.07) is 0. The second kappa shape index (κ2) is 3.62. The molecule has 1 atom stereocenters. The maximum Gasteiger partial charge on any atom is 0.267 e. The van der Waals surface area contributed by atoms with Crippen LogP contribution in [0.4, 0.5) is 0 Å².